The Bertz CT molecular complexity index is 621. The average molecular weight is 278 g/mol. The van der Waals surface area contributed by atoms with Crippen molar-refractivity contribution in [2.24, 2.45) is 7.05 Å². The van der Waals surface area contributed by atoms with Gasteiger partial charge in [-0.1, -0.05) is 12.1 Å². The van der Waals surface area contributed by atoms with Gasteiger partial charge in [0.15, 0.2) is 5.11 Å². The topological polar surface area (TPSA) is 41.9 Å². The molecular formula is C13H15FN4S. The number of benzene rings is 1. The number of nitrogens with zero attached hydrogens (tertiary/aromatic N) is 2. The summed E-state index contributed by atoms with van der Waals surface area (Å²) in [5, 5.41) is 10.5. The molecule has 1 aromatic heterocycles. The molecule has 0 fully saturated rings. The molecule has 6 heteroatoms. The normalized spacial score (nSPS) is 10.3. The molecule has 0 aliphatic rings. The van der Waals surface area contributed by atoms with Crippen LogP contribution in [-0.2, 0) is 7.05 Å². The van der Waals surface area contributed by atoms with E-state index in [1.165, 1.54) is 6.07 Å². The third-order valence-corrected chi connectivity index (χ3v) is 3.07. The standard InChI is InChI=1S/C13H15FN4S/c1-8-12(9(2)18(3)17-8)16-13(19)15-11-7-5-4-6-10(11)14/h4-7H,1-3H3,(H2,15,16,19). The Kier molecular flexibility index (Phi) is 3.80. The van der Waals surface area contributed by atoms with Gasteiger partial charge in [-0.15, -0.1) is 0 Å². The highest BCUT2D eigenvalue weighted by Crippen LogP contribution is 2.19. The number of nitrogens with one attached hydrogen (secondary N) is 2. The van der Waals surface area contributed by atoms with Crippen LogP contribution in [0.1, 0.15) is 11.4 Å². The second-order valence-corrected chi connectivity index (χ2v) is 4.64. The summed E-state index contributed by atoms with van der Waals surface area (Å²) < 4.78 is 15.3. The first-order valence-electron chi connectivity index (χ1n) is 5.81. The number of thiocarbonyl (C=S) groups is 1. The molecular weight excluding hydrogens is 263 g/mol. The lowest BCUT2D eigenvalue weighted by atomic mass is 10.3. The van der Waals surface area contributed by atoms with Crippen LogP contribution in [0, 0.1) is 19.7 Å². The first-order valence-corrected chi connectivity index (χ1v) is 6.22. The summed E-state index contributed by atoms with van der Waals surface area (Å²) in [4.78, 5) is 0. The van der Waals surface area contributed by atoms with Gasteiger partial charge in [0.05, 0.1) is 22.8 Å². The lowest BCUT2D eigenvalue weighted by Crippen LogP contribution is -2.20. The number of anilines is 2. The molecule has 0 spiro atoms. The van der Waals surface area contributed by atoms with Crippen LogP contribution in [-0.4, -0.2) is 14.9 Å². The molecule has 0 amide bonds. The smallest absolute Gasteiger partial charge is 0.175 e. The van der Waals surface area contributed by atoms with Crippen LogP contribution in [0.15, 0.2) is 24.3 Å². The molecule has 0 atom stereocenters. The lowest BCUT2D eigenvalue weighted by molar-refractivity contribution is 0.632. The lowest BCUT2D eigenvalue weighted by Gasteiger charge is -2.11. The first-order chi connectivity index (χ1) is 8.99. The zero-order valence-corrected chi connectivity index (χ0v) is 11.8. The van der Waals surface area contributed by atoms with E-state index in [-0.39, 0.29) is 5.82 Å². The highest BCUT2D eigenvalue weighted by Gasteiger charge is 2.11. The Hall–Kier alpha value is -1.95. The highest BCUT2D eigenvalue weighted by atomic mass is 32.1. The minimum Gasteiger partial charge on any atom is -0.330 e. The van der Waals surface area contributed by atoms with Crippen molar-refractivity contribution in [2.45, 2.75) is 13.8 Å². The fraction of sp³-hybridized carbons (Fsp3) is 0.231. The van der Waals surface area contributed by atoms with Gasteiger partial charge < -0.3 is 10.6 Å². The van der Waals surface area contributed by atoms with E-state index in [1.54, 1.807) is 22.9 Å². The van der Waals surface area contributed by atoms with E-state index >= 15 is 0 Å². The third-order valence-electron chi connectivity index (χ3n) is 2.87. The molecule has 0 aliphatic heterocycles. The van der Waals surface area contributed by atoms with Gasteiger partial charge in [-0.05, 0) is 38.2 Å². The summed E-state index contributed by atoms with van der Waals surface area (Å²) >= 11 is 5.18. The minimum absolute atomic E-state index is 0.337. The van der Waals surface area contributed by atoms with Crippen molar-refractivity contribution in [3.05, 3.63) is 41.5 Å². The van der Waals surface area contributed by atoms with E-state index in [4.69, 9.17) is 12.2 Å². The van der Waals surface area contributed by atoms with E-state index < -0.39 is 0 Å². The number of para-hydroxylation sites is 1. The molecule has 0 unspecified atom stereocenters. The predicted molar refractivity (Wildman–Crippen MR) is 78.9 cm³/mol. The van der Waals surface area contributed by atoms with Crippen LogP contribution < -0.4 is 10.6 Å². The van der Waals surface area contributed by atoms with Gasteiger partial charge in [-0.2, -0.15) is 5.10 Å². The Labute approximate surface area is 116 Å². The van der Waals surface area contributed by atoms with Gasteiger partial charge in [0.1, 0.15) is 5.82 Å². The number of hydrogen-bond acceptors (Lipinski definition) is 2. The van der Waals surface area contributed by atoms with E-state index in [0.29, 0.717) is 10.8 Å². The molecule has 2 rings (SSSR count). The van der Waals surface area contributed by atoms with Gasteiger partial charge in [0, 0.05) is 7.05 Å². The molecule has 0 aliphatic carbocycles. The largest absolute Gasteiger partial charge is 0.330 e. The van der Waals surface area contributed by atoms with Crippen LogP contribution in [0.5, 0.6) is 0 Å². The summed E-state index contributed by atoms with van der Waals surface area (Å²) in [6.07, 6.45) is 0. The van der Waals surface area contributed by atoms with Gasteiger partial charge in [0.25, 0.3) is 0 Å². The molecule has 0 radical (unpaired) electrons. The van der Waals surface area contributed by atoms with E-state index in [1.807, 2.05) is 20.9 Å². The zero-order chi connectivity index (χ0) is 14.0. The molecule has 0 bridgehead atoms. The summed E-state index contributed by atoms with van der Waals surface area (Å²) in [6, 6.07) is 6.39. The molecule has 2 N–H and O–H groups in total. The highest BCUT2D eigenvalue weighted by molar-refractivity contribution is 7.80. The Morgan fingerprint density at radius 3 is 2.53 bits per heavy atom. The van der Waals surface area contributed by atoms with Gasteiger partial charge in [-0.25, -0.2) is 4.39 Å². The van der Waals surface area contributed by atoms with Gasteiger partial charge >= 0.3 is 0 Å². The molecule has 0 saturated heterocycles. The maximum Gasteiger partial charge on any atom is 0.175 e. The molecule has 1 aromatic carbocycles. The fourth-order valence-corrected chi connectivity index (χ4v) is 2.00. The molecule has 4 nitrogen and oxygen atoms in total. The predicted octanol–water partition coefficient (Wildman–Crippen LogP) is 2.98. The van der Waals surface area contributed by atoms with Crippen molar-refractivity contribution in [3.8, 4) is 0 Å². The quantitative estimate of drug-likeness (QED) is 0.829. The summed E-state index contributed by atoms with van der Waals surface area (Å²) in [5.74, 6) is -0.341. The van der Waals surface area contributed by atoms with E-state index in [2.05, 4.69) is 15.7 Å². The zero-order valence-electron chi connectivity index (χ0n) is 11.0. The van der Waals surface area contributed by atoms with Crippen LogP contribution in [0.25, 0.3) is 0 Å². The van der Waals surface area contributed by atoms with Crippen LogP contribution in [0.4, 0.5) is 15.8 Å². The number of aromatic nitrogens is 2. The maximum atomic E-state index is 13.5. The number of rotatable bonds is 2. The average Bonchev–Trinajstić information content (AvgIpc) is 2.59. The van der Waals surface area contributed by atoms with Crippen LogP contribution in [0.3, 0.4) is 0 Å². The van der Waals surface area contributed by atoms with Crippen LogP contribution >= 0.6 is 12.2 Å². The van der Waals surface area contributed by atoms with Crippen molar-refractivity contribution in [3.63, 3.8) is 0 Å². The Morgan fingerprint density at radius 1 is 1.26 bits per heavy atom. The second kappa shape index (κ2) is 5.36. The van der Waals surface area contributed by atoms with Gasteiger partial charge in [-0.3, -0.25) is 4.68 Å². The fourth-order valence-electron chi connectivity index (χ4n) is 1.78. The molecule has 100 valence electrons. The van der Waals surface area contributed by atoms with Crippen molar-refractivity contribution in [1.82, 2.24) is 9.78 Å². The molecule has 2 aromatic rings. The molecule has 0 saturated carbocycles. The van der Waals surface area contributed by atoms with Gasteiger partial charge in [0.2, 0.25) is 0 Å². The second-order valence-electron chi connectivity index (χ2n) is 4.23. The van der Waals surface area contributed by atoms with Crippen molar-refractivity contribution in [1.29, 1.82) is 0 Å². The number of halogens is 1. The minimum atomic E-state index is -0.341. The SMILES string of the molecule is Cc1nn(C)c(C)c1NC(=S)Nc1ccccc1F. The summed E-state index contributed by atoms with van der Waals surface area (Å²) in [6.45, 7) is 3.83. The monoisotopic (exact) mass is 278 g/mol. The van der Waals surface area contributed by atoms with Crippen LogP contribution in [0.2, 0.25) is 0 Å². The summed E-state index contributed by atoms with van der Waals surface area (Å²) in [7, 11) is 1.86. The first kappa shape index (κ1) is 13.5. The maximum absolute atomic E-state index is 13.5. The molecule has 19 heavy (non-hydrogen) atoms. The Morgan fingerprint density at radius 2 is 1.95 bits per heavy atom. The van der Waals surface area contributed by atoms with Crippen molar-refractivity contribution < 1.29 is 4.39 Å². The number of hydrogen-bond donors (Lipinski definition) is 2. The van der Waals surface area contributed by atoms with Crippen molar-refractivity contribution in [2.75, 3.05) is 10.6 Å². The summed E-state index contributed by atoms with van der Waals surface area (Å²) in [5.41, 5.74) is 3.00. The van der Waals surface area contributed by atoms with E-state index in [0.717, 1.165) is 17.1 Å². The number of aryl methyl sites for hydroxylation is 2. The van der Waals surface area contributed by atoms with E-state index in [9.17, 15) is 4.39 Å². The van der Waals surface area contributed by atoms with Crippen molar-refractivity contribution >= 4 is 28.7 Å². The Balaban J connectivity index is 2.12. The third kappa shape index (κ3) is 2.90. The molecule has 1 heterocycles.